The van der Waals surface area contributed by atoms with Crippen LogP contribution in [0.1, 0.15) is 12.8 Å². The quantitative estimate of drug-likeness (QED) is 0.568. The van der Waals surface area contributed by atoms with Gasteiger partial charge in [0, 0.05) is 20.2 Å². The molecule has 2 nitrogen and oxygen atoms in total. The number of piperidine rings is 1. The van der Waals surface area contributed by atoms with Crippen molar-refractivity contribution in [2.24, 2.45) is 0 Å². The lowest BCUT2D eigenvalue weighted by molar-refractivity contribution is 0.0443. The van der Waals surface area contributed by atoms with Gasteiger partial charge >= 0.3 is 0 Å². The van der Waals surface area contributed by atoms with Crippen LogP contribution in [-0.4, -0.2) is 37.7 Å². The minimum Gasteiger partial charge on any atom is -0.381 e. The summed E-state index contributed by atoms with van der Waals surface area (Å²) in [5.41, 5.74) is 0. The van der Waals surface area contributed by atoms with E-state index in [1.54, 1.807) is 7.11 Å². The second kappa shape index (κ2) is 3.94. The summed E-state index contributed by atoms with van der Waals surface area (Å²) in [6, 6.07) is 0. The third-order valence-electron chi connectivity index (χ3n) is 2.18. The number of ether oxygens (including phenoxy) is 1. The summed E-state index contributed by atoms with van der Waals surface area (Å²) >= 11 is 0. The van der Waals surface area contributed by atoms with Crippen molar-refractivity contribution >= 4 is 0 Å². The zero-order chi connectivity index (χ0) is 7.40. The van der Waals surface area contributed by atoms with Crippen molar-refractivity contribution in [3.05, 3.63) is 6.92 Å². The van der Waals surface area contributed by atoms with E-state index in [0.717, 1.165) is 19.6 Å². The van der Waals surface area contributed by atoms with E-state index in [0.29, 0.717) is 6.10 Å². The Balaban J connectivity index is 2.17. The molecule has 0 spiro atoms. The predicted molar refractivity (Wildman–Crippen MR) is 41.8 cm³/mol. The SMILES string of the molecule is [CH2]CN1CCC(OC)CC1. The summed E-state index contributed by atoms with van der Waals surface area (Å²) in [5.74, 6) is 0. The molecular weight excluding hydrogens is 126 g/mol. The molecule has 0 aromatic heterocycles. The first-order valence-electron chi connectivity index (χ1n) is 3.91. The predicted octanol–water partition coefficient (Wildman–Crippen LogP) is 0.931. The van der Waals surface area contributed by atoms with Gasteiger partial charge in [-0.15, -0.1) is 0 Å². The van der Waals surface area contributed by atoms with Crippen molar-refractivity contribution in [1.29, 1.82) is 0 Å². The fourth-order valence-electron chi connectivity index (χ4n) is 1.37. The number of nitrogens with zero attached hydrogens (tertiary/aromatic N) is 1. The van der Waals surface area contributed by atoms with Crippen LogP contribution in [0.2, 0.25) is 0 Å². The standard InChI is InChI=1S/C8H16NO/c1-3-9-6-4-8(10-2)5-7-9/h8H,1,3-7H2,2H3. The van der Waals surface area contributed by atoms with E-state index in [1.807, 2.05) is 0 Å². The summed E-state index contributed by atoms with van der Waals surface area (Å²) in [4.78, 5) is 2.36. The third kappa shape index (κ3) is 1.96. The molecule has 10 heavy (non-hydrogen) atoms. The lowest BCUT2D eigenvalue weighted by atomic mass is 10.1. The molecule has 59 valence electrons. The Morgan fingerprint density at radius 3 is 2.50 bits per heavy atom. The van der Waals surface area contributed by atoms with Crippen LogP contribution in [0.15, 0.2) is 0 Å². The Bertz CT molecular complexity index is 75.3. The van der Waals surface area contributed by atoms with Crippen LogP contribution in [0.25, 0.3) is 0 Å². The zero-order valence-corrected chi connectivity index (χ0v) is 6.68. The van der Waals surface area contributed by atoms with Gasteiger partial charge in [0.15, 0.2) is 0 Å². The molecule has 1 fully saturated rings. The number of methoxy groups -OCH3 is 1. The molecule has 1 radical (unpaired) electrons. The number of hydrogen-bond donors (Lipinski definition) is 0. The van der Waals surface area contributed by atoms with E-state index in [1.165, 1.54) is 12.8 Å². The molecule has 1 saturated heterocycles. The summed E-state index contributed by atoms with van der Waals surface area (Å²) in [6.07, 6.45) is 2.85. The van der Waals surface area contributed by atoms with Gasteiger partial charge in [-0.2, -0.15) is 0 Å². The average Bonchev–Trinajstić information content (AvgIpc) is 2.05. The highest BCUT2D eigenvalue weighted by Gasteiger charge is 2.16. The van der Waals surface area contributed by atoms with Gasteiger partial charge in [0.05, 0.1) is 6.10 Å². The van der Waals surface area contributed by atoms with E-state index in [4.69, 9.17) is 4.74 Å². The molecule has 0 aromatic rings. The molecule has 1 aliphatic heterocycles. The van der Waals surface area contributed by atoms with Crippen molar-refractivity contribution < 1.29 is 4.74 Å². The number of rotatable bonds is 2. The largest absolute Gasteiger partial charge is 0.381 e. The molecule has 0 unspecified atom stereocenters. The molecule has 0 N–H and O–H groups in total. The zero-order valence-electron chi connectivity index (χ0n) is 6.68. The van der Waals surface area contributed by atoms with Gasteiger partial charge in [-0.25, -0.2) is 0 Å². The van der Waals surface area contributed by atoms with Crippen LogP contribution in [0.5, 0.6) is 0 Å². The van der Waals surface area contributed by atoms with Crippen molar-refractivity contribution in [3.8, 4) is 0 Å². The van der Waals surface area contributed by atoms with Crippen molar-refractivity contribution in [3.63, 3.8) is 0 Å². The van der Waals surface area contributed by atoms with E-state index in [9.17, 15) is 0 Å². The minimum absolute atomic E-state index is 0.503. The van der Waals surface area contributed by atoms with E-state index < -0.39 is 0 Å². The normalized spacial score (nSPS) is 23.4. The molecule has 0 bridgehead atoms. The third-order valence-corrected chi connectivity index (χ3v) is 2.18. The Kier molecular flexibility index (Phi) is 3.16. The lowest BCUT2D eigenvalue weighted by Crippen LogP contribution is -2.36. The molecule has 1 heterocycles. The minimum atomic E-state index is 0.503. The molecule has 1 aliphatic rings. The van der Waals surface area contributed by atoms with Gasteiger partial charge in [-0.3, -0.25) is 0 Å². The Hall–Kier alpha value is -0.0800. The monoisotopic (exact) mass is 142 g/mol. The van der Waals surface area contributed by atoms with Gasteiger partial charge in [0.1, 0.15) is 0 Å². The smallest absolute Gasteiger partial charge is 0.0595 e. The van der Waals surface area contributed by atoms with Gasteiger partial charge in [0.25, 0.3) is 0 Å². The van der Waals surface area contributed by atoms with E-state index in [2.05, 4.69) is 11.8 Å². The number of hydrogen-bond acceptors (Lipinski definition) is 2. The fraction of sp³-hybridized carbons (Fsp3) is 0.875. The van der Waals surface area contributed by atoms with Crippen LogP contribution < -0.4 is 0 Å². The van der Waals surface area contributed by atoms with Crippen LogP contribution >= 0.6 is 0 Å². The highest BCUT2D eigenvalue weighted by Crippen LogP contribution is 2.11. The van der Waals surface area contributed by atoms with E-state index >= 15 is 0 Å². The first kappa shape index (κ1) is 8.02. The molecule has 0 aromatic carbocycles. The second-order valence-corrected chi connectivity index (χ2v) is 2.78. The lowest BCUT2D eigenvalue weighted by Gasteiger charge is -2.29. The maximum absolute atomic E-state index is 5.24. The van der Waals surface area contributed by atoms with Crippen molar-refractivity contribution in [2.75, 3.05) is 26.7 Å². The van der Waals surface area contributed by atoms with E-state index in [-0.39, 0.29) is 0 Å². The van der Waals surface area contributed by atoms with Crippen LogP contribution in [-0.2, 0) is 4.74 Å². The molecule has 0 atom stereocenters. The molecule has 0 amide bonds. The summed E-state index contributed by atoms with van der Waals surface area (Å²) in [7, 11) is 1.80. The van der Waals surface area contributed by atoms with Crippen molar-refractivity contribution in [2.45, 2.75) is 18.9 Å². The van der Waals surface area contributed by atoms with Gasteiger partial charge in [-0.05, 0) is 26.3 Å². The first-order chi connectivity index (χ1) is 4.86. The molecule has 2 heteroatoms. The Labute approximate surface area is 63.2 Å². The summed E-state index contributed by atoms with van der Waals surface area (Å²) in [6.45, 7) is 7.10. The second-order valence-electron chi connectivity index (χ2n) is 2.78. The van der Waals surface area contributed by atoms with Crippen LogP contribution in [0.4, 0.5) is 0 Å². The van der Waals surface area contributed by atoms with Gasteiger partial charge < -0.3 is 9.64 Å². The highest BCUT2D eigenvalue weighted by atomic mass is 16.5. The first-order valence-corrected chi connectivity index (χ1v) is 3.91. The summed E-state index contributed by atoms with van der Waals surface area (Å²) in [5, 5.41) is 0. The number of likely N-dealkylation sites (tertiary alicyclic amines) is 1. The topological polar surface area (TPSA) is 12.5 Å². The molecule has 1 rings (SSSR count). The van der Waals surface area contributed by atoms with Crippen LogP contribution in [0, 0.1) is 6.92 Å². The maximum Gasteiger partial charge on any atom is 0.0595 e. The maximum atomic E-state index is 5.24. The van der Waals surface area contributed by atoms with Gasteiger partial charge in [-0.1, -0.05) is 0 Å². The summed E-state index contributed by atoms with van der Waals surface area (Å²) < 4.78 is 5.24. The molecule has 0 aliphatic carbocycles. The van der Waals surface area contributed by atoms with Crippen molar-refractivity contribution in [1.82, 2.24) is 4.90 Å². The van der Waals surface area contributed by atoms with Gasteiger partial charge in [0.2, 0.25) is 0 Å². The fourth-order valence-corrected chi connectivity index (χ4v) is 1.37. The Morgan fingerprint density at radius 1 is 1.50 bits per heavy atom. The molecular formula is C8H16NO. The highest BCUT2D eigenvalue weighted by molar-refractivity contribution is 4.72. The van der Waals surface area contributed by atoms with Crippen LogP contribution in [0.3, 0.4) is 0 Å². The molecule has 0 saturated carbocycles. The Morgan fingerprint density at radius 2 is 2.10 bits per heavy atom. The average molecular weight is 142 g/mol.